The maximum atomic E-state index is 6.33. The van der Waals surface area contributed by atoms with Crippen molar-refractivity contribution in [3.63, 3.8) is 0 Å². The maximum Gasteiger partial charge on any atom is 0.124 e. The van der Waals surface area contributed by atoms with Crippen molar-refractivity contribution in [1.82, 2.24) is 5.32 Å². The fourth-order valence-corrected chi connectivity index (χ4v) is 2.70. The average Bonchev–Trinajstić information content (AvgIpc) is 2.45. The number of benzene rings is 2. The molecule has 2 rings (SSSR count). The Morgan fingerprint density at radius 3 is 2.50 bits per heavy atom. The van der Waals surface area contributed by atoms with Gasteiger partial charge in [-0.3, -0.25) is 0 Å². The van der Waals surface area contributed by atoms with Gasteiger partial charge >= 0.3 is 0 Å². The van der Waals surface area contributed by atoms with Gasteiger partial charge in [-0.2, -0.15) is 0 Å². The fraction of sp³-hybridized carbons (Fsp3) is 0.250. The number of nitrogens with one attached hydrogen (secondary N) is 1. The summed E-state index contributed by atoms with van der Waals surface area (Å²) in [5, 5.41) is 4.39. The highest BCUT2D eigenvalue weighted by Crippen LogP contribution is 2.36. The minimum absolute atomic E-state index is 0.0725. The lowest BCUT2D eigenvalue weighted by atomic mass is 9.97. The summed E-state index contributed by atoms with van der Waals surface area (Å²) in [6.45, 7) is 2.03. The molecule has 2 aromatic rings. The number of ether oxygens (including phenoxy) is 1. The van der Waals surface area contributed by atoms with Crippen LogP contribution in [0.25, 0.3) is 0 Å². The number of aryl methyl sites for hydroxylation is 1. The Bertz CT molecular complexity index is 613. The maximum absolute atomic E-state index is 6.33. The summed E-state index contributed by atoms with van der Waals surface area (Å²) in [6, 6.07) is 11.7. The molecule has 4 heteroatoms. The lowest BCUT2D eigenvalue weighted by Gasteiger charge is -2.21. The van der Waals surface area contributed by atoms with Gasteiger partial charge in [-0.05, 0) is 37.2 Å². The number of hydrogen-bond acceptors (Lipinski definition) is 2. The zero-order chi connectivity index (χ0) is 14.7. The quantitative estimate of drug-likeness (QED) is 0.890. The van der Waals surface area contributed by atoms with Gasteiger partial charge in [-0.25, -0.2) is 0 Å². The second kappa shape index (κ2) is 6.49. The van der Waals surface area contributed by atoms with E-state index in [4.69, 9.17) is 27.9 Å². The molecule has 0 amide bonds. The van der Waals surface area contributed by atoms with Crippen LogP contribution in [0.15, 0.2) is 36.4 Å². The van der Waals surface area contributed by atoms with Crippen LogP contribution in [-0.2, 0) is 0 Å². The molecule has 0 saturated heterocycles. The molecule has 106 valence electrons. The zero-order valence-electron chi connectivity index (χ0n) is 11.7. The summed E-state index contributed by atoms with van der Waals surface area (Å²) < 4.78 is 5.48. The van der Waals surface area contributed by atoms with Crippen molar-refractivity contribution in [3.05, 3.63) is 63.1 Å². The van der Waals surface area contributed by atoms with Gasteiger partial charge in [0.25, 0.3) is 0 Å². The first kappa shape index (κ1) is 15.2. The molecule has 0 aliphatic rings. The second-order valence-electron chi connectivity index (χ2n) is 4.61. The van der Waals surface area contributed by atoms with E-state index in [-0.39, 0.29) is 6.04 Å². The van der Waals surface area contributed by atoms with Crippen LogP contribution in [0.3, 0.4) is 0 Å². The van der Waals surface area contributed by atoms with Crippen LogP contribution in [-0.4, -0.2) is 14.2 Å². The van der Waals surface area contributed by atoms with Gasteiger partial charge in [-0.15, -0.1) is 0 Å². The third-order valence-corrected chi connectivity index (χ3v) is 4.11. The molecule has 0 fully saturated rings. The first-order valence-electron chi connectivity index (χ1n) is 6.34. The molecule has 1 atom stereocenters. The Labute approximate surface area is 129 Å². The summed E-state index contributed by atoms with van der Waals surface area (Å²) in [5.41, 5.74) is 3.12. The van der Waals surface area contributed by atoms with Gasteiger partial charge in [0, 0.05) is 5.56 Å². The Hall–Kier alpha value is -1.22. The lowest BCUT2D eigenvalue weighted by molar-refractivity contribution is 0.405. The molecule has 0 bridgehead atoms. The SMILES string of the molecule is CNC(c1ccc(C)cc1OC)c1cccc(Cl)c1Cl. The highest BCUT2D eigenvalue weighted by atomic mass is 35.5. The van der Waals surface area contributed by atoms with E-state index >= 15 is 0 Å². The summed E-state index contributed by atoms with van der Waals surface area (Å²) in [4.78, 5) is 0. The van der Waals surface area contributed by atoms with Gasteiger partial charge in [-0.1, -0.05) is 47.5 Å². The van der Waals surface area contributed by atoms with Crippen LogP contribution in [0.4, 0.5) is 0 Å². The predicted octanol–water partition coefficient (Wildman–Crippen LogP) is 4.62. The molecule has 0 radical (unpaired) electrons. The molecule has 0 aromatic heterocycles. The van der Waals surface area contributed by atoms with E-state index in [1.807, 2.05) is 38.2 Å². The van der Waals surface area contributed by atoms with Crippen LogP contribution >= 0.6 is 23.2 Å². The molecule has 2 nitrogen and oxygen atoms in total. The van der Waals surface area contributed by atoms with Gasteiger partial charge in [0.1, 0.15) is 5.75 Å². The summed E-state index contributed by atoms with van der Waals surface area (Å²) >= 11 is 12.4. The molecule has 1 N–H and O–H groups in total. The Morgan fingerprint density at radius 2 is 1.85 bits per heavy atom. The first-order valence-corrected chi connectivity index (χ1v) is 7.09. The monoisotopic (exact) mass is 309 g/mol. The smallest absolute Gasteiger partial charge is 0.124 e. The van der Waals surface area contributed by atoms with E-state index in [9.17, 15) is 0 Å². The number of rotatable bonds is 4. The average molecular weight is 310 g/mol. The van der Waals surface area contributed by atoms with E-state index in [0.29, 0.717) is 10.0 Å². The normalized spacial score (nSPS) is 12.2. The van der Waals surface area contributed by atoms with E-state index < -0.39 is 0 Å². The number of halogens is 2. The Morgan fingerprint density at radius 1 is 1.10 bits per heavy atom. The summed E-state index contributed by atoms with van der Waals surface area (Å²) in [5.74, 6) is 0.834. The van der Waals surface area contributed by atoms with Gasteiger partial charge in [0.15, 0.2) is 0 Å². The topological polar surface area (TPSA) is 21.3 Å². The largest absolute Gasteiger partial charge is 0.496 e. The van der Waals surface area contributed by atoms with Crippen molar-refractivity contribution in [3.8, 4) is 5.75 Å². The number of methoxy groups -OCH3 is 1. The standard InChI is InChI=1S/C16H17Cl2NO/c1-10-7-8-11(14(9-10)20-3)16(19-2)12-5-4-6-13(17)15(12)18/h4-9,16,19H,1-3H3. The van der Waals surface area contributed by atoms with Gasteiger partial charge in [0.2, 0.25) is 0 Å². The molecule has 0 spiro atoms. The lowest BCUT2D eigenvalue weighted by Crippen LogP contribution is -2.19. The molecule has 0 saturated carbocycles. The van der Waals surface area contributed by atoms with E-state index in [1.165, 1.54) is 0 Å². The highest BCUT2D eigenvalue weighted by Gasteiger charge is 2.20. The Balaban J connectivity index is 2.55. The number of hydrogen-bond donors (Lipinski definition) is 1. The van der Waals surface area contributed by atoms with Crippen LogP contribution in [0.5, 0.6) is 5.75 Å². The van der Waals surface area contributed by atoms with E-state index in [0.717, 1.165) is 22.4 Å². The van der Waals surface area contributed by atoms with Crippen molar-refractivity contribution >= 4 is 23.2 Å². The molecule has 0 aliphatic carbocycles. The van der Waals surface area contributed by atoms with Crippen molar-refractivity contribution in [2.45, 2.75) is 13.0 Å². The predicted molar refractivity (Wildman–Crippen MR) is 85.1 cm³/mol. The minimum Gasteiger partial charge on any atom is -0.496 e. The molecule has 0 heterocycles. The van der Waals surface area contributed by atoms with Crippen LogP contribution in [0, 0.1) is 6.92 Å². The minimum atomic E-state index is -0.0725. The first-order chi connectivity index (χ1) is 9.58. The second-order valence-corrected chi connectivity index (χ2v) is 5.40. The molecule has 20 heavy (non-hydrogen) atoms. The van der Waals surface area contributed by atoms with E-state index in [2.05, 4.69) is 11.4 Å². The molecule has 1 unspecified atom stereocenters. The third kappa shape index (κ3) is 2.93. The van der Waals surface area contributed by atoms with Crippen molar-refractivity contribution in [2.75, 3.05) is 14.2 Å². The molecular formula is C16H17Cl2NO. The van der Waals surface area contributed by atoms with Gasteiger partial charge < -0.3 is 10.1 Å². The van der Waals surface area contributed by atoms with Gasteiger partial charge in [0.05, 0.1) is 23.2 Å². The van der Waals surface area contributed by atoms with E-state index in [1.54, 1.807) is 13.2 Å². The van der Waals surface area contributed by atoms with Crippen molar-refractivity contribution in [2.24, 2.45) is 0 Å². The molecule has 0 aliphatic heterocycles. The summed E-state index contributed by atoms with van der Waals surface area (Å²) in [6.07, 6.45) is 0. The van der Waals surface area contributed by atoms with Crippen molar-refractivity contribution in [1.29, 1.82) is 0 Å². The van der Waals surface area contributed by atoms with Crippen LogP contribution in [0.2, 0.25) is 10.0 Å². The molecular weight excluding hydrogens is 293 g/mol. The van der Waals surface area contributed by atoms with Crippen LogP contribution < -0.4 is 10.1 Å². The van der Waals surface area contributed by atoms with Crippen molar-refractivity contribution < 1.29 is 4.74 Å². The zero-order valence-corrected chi connectivity index (χ0v) is 13.2. The third-order valence-electron chi connectivity index (χ3n) is 3.28. The van der Waals surface area contributed by atoms with Crippen LogP contribution in [0.1, 0.15) is 22.7 Å². The Kier molecular flexibility index (Phi) is 4.92. The summed E-state index contributed by atoms with van der Waals surface area (Å²) in [7, 11) is 3.56. The molecule has 2 aromatic carbocycles. The fourth-order valence-electron chi connectivity index (χ4n) is 2.28. The highest BCUT2D eigenvalue weighted by molar-refractivity contribution is 6.42.